The minimum Gasteiger partial charge on any atom is -0.460 e. The highest BCUT2D eigenvalue weighted by Gasteiger charge is 1.95. The van der Waals surface area contributed by atoms with Crippen LogP contribution < -0.4 is 0 Å². The molecule has 17 heavy (non-hydrogen) atoms. The third-order valence-corrected chi connectivity index (χ3v) is 1.56. The quantitative estimate of drug-likeness (QED) is 0.183. The van der Waals surface area contributed by atoms with Gasteiger partial charge in [-0.2, -0.15) is 0 Å². The van der Waals surface area contributed by atoms with Gasteiger partial charge in [0.25, 0.3) is 0 Å². The molecule has 0 N–H and O–H groups in total. The first kappa shape index (κ1) is 15.5. The van der Waals surface area contributed by atoms with E-state index >= 15 is 0 Å². The molecule has 0 aromatic carbocycles. The van der Waals surface area contributed by atoms with Gasteiger partial charge in [0.15, 0.2) is 0 Å². The van der Waals surface area contributed by atoms with Gasteiger partial charge in [0.1, 0.15) is 6.61 Å². The van der Waals surface area contributed by atoms with Gasteiger partial charge < -0.3 is 14.2 Å². The van der Waals surface area contributed by atoms with Crippen LogP contribution in [0.4, 0.5) is 0 Å². The summed E-state index contributed by atoms with van der Waals surface area (Å²) in [5, 5.41) is 0. The first-order chi connectivity index (χ1) is 8.31. The number of ether oxygens (including phenoxy) is 3. The zero-order valence-electron chi connectivity index (χ0n) is 9.89. The van der Waals surface area contributed by atoms with E-state index in [9.17, 15) is 9.59 Å². The predicted octanol–water partition coefficient (Wildman–Crippen LogP) is 0.475. The highest BCUT2D eigenvalue weighted by Crippen LogP contribution is 1.84. The highest BCUT2D eigenvalue weighted by molar-refractivity contribution is 5.81. The lowest BCUT2D eigenvalue weighted by Crippen LogP contribution is -2.12. The predicted molar refractivity (Wildman–Crippen MR) is 60.4 cm³/mol. The summed E-state index contributed by atoms with van der Waals surface area (Å²) in [4.78, 5) is 23.9. The van der Waals surface area contributed by atoms with Crippen molar-refractivity contribution >= 4 is 12.0 Å². The fraction of sp³-hybridized carbons (Fsp3) is 0.636. The third kappa shape index (κ3) is 12.4. The Kier molecular flexibility index (Phi) is 11.5. The van der Waals surface area contributed by atoms with Crippen LogP contribution in [-0.4, -0.2) is 51.6 Å². The molecule has 0 amide bonds. The van der Waals surface area contributed by atoms with Gasteiger partial charge >= 0.3 is 5.97 Å². The Labute approximate surface area is 100 Å². The Morgan fingerprint density at radius 1 is 1.18 bits per heavy atom. The van der Waals surface area contributed by atoms with Crippen LogP contribution in [0, 0.1) is 0 Å². The molecule has 0 aromatic rings. The van der Waals surface area contributed by atoms with Crippen LogP contribution in [0.2, 0.25) is 0 Å². The first-order valence-electron chi connectivity index (χ1n) is 5.29. The molecule has 0 radical (unpaired) electrons. The summed E-state index contributed by atoms with van der Waals surface area (Å²) in [5.74, 6) is -0.376. The maximum Gasteiger partial charge on any atom is 0.330 e. The molecule has 0 aromatic heterocycles. The number of rotatable bonds is 10. The van der Waals surface area contributed by atoms with Crippen LogP contribution in [0.3, 0.4) is 0 Å². The molecule has 0 aliphatic heterocycles. The molecule has 6 heteroatoms. The number of esters is 1. The van der Waals surface area contributed by atoms with Gasteiger partial charge in [-0.15, -0.1) is 0 Å². The Morgan fingerprint density at radius 2 is 1.82 bits per heavy atom. The van der Waals surface area contributed by atoms with Crippen LogP contribution in [0.1, 0.15) is 6.92 Å². The molecule has 0 heterocycles. The first-order valence-corrected chi connectivity index (χ1v) is 5.29. The van der Waals surface area contributed by atoms with E-state index in [0.717, 1.165) is 0 Å². The number of isocyanates is 1. The van der Waals surface area contributed by atoms with E-state index in [4.69, 9.17) is 14.2 Å². The van der Waals surface area contributed by atoms with Gasteiger partial charge in [0, 0.05) is 6.08 Å². The number of allylic oxidation sites excluding steroid dienone is 1. The maximum atomic E-state index is 10.8. The number of nitrogens with zero attached hydrogens (tertiary/aromatic N) is 1. The molecular formula is C11H17NO5. The summed E-state index contributed by atoms with van der Waals surface area (Å²) in [7, 11) is 0. The average molecular weight is 243 g/mol. The van der Waals surface area contributed by atoms with E-state index in [2.05, 4.69) is 4.99 Å². The number of hydrogen-bond acceptors (Lipinski definition) is 6. The van der Waals surface area contributed by atoms with E-state index in [0.29, 0.717) is 33.0 Å². The van der Waals surface area contributed by atoms with Gasteiger partial charge in [0.2, 0.25) is 6.08 Å². The van der Waals surface area contributed by atoms with Crippen LogP contribution in [0.5, 0.6) is 0 Å². The van der Waals surface area contributed by atoms with E-state index in [-0.39, 0.29) is 12.6 Å². The Balaban J connectivity index is 3.13. The second-order valence-corrected chi connectivity index (χ2v) is 2.87. The average Bonchev–Trinajstić information content (AvgIpc) is 2.32. The molecule has 0 fully saturated rings. The number of carbonyl (C=O) groups excluding carboxylic acids is 2. The summed E-state index contributed by atoms with van der Waals surface area (Å²) in [6.07, 6.45) is 4.37. The van der Waals surface area contributed by atoms with Crippen molar-refractivity contribution in [1.29, 1.82) is 0 Å². The molecule has 6 nitrogen and oxygen atoms in total. The van der Waals surface area contributed by atoms with E-state index < -0.39 is 0 Å². The normalized spacial score (nSPS) is 10.2. The molecule has 0 spiro atoms. The molecule has 0 saturated carbocycles. The summed E-state index contributed by atoms with van der Waals surface area (Å²) < 4.78 is 15.0. The van der Waals surface area contributed by atoms with Crippen LogP contribution >= 0.6 is 0 Å². The van der Waals surface area contributed by atoms with Gasteiger partial charge in [-0.25, -0.2) is 14.6 Å². The smallest absolute Gasteiger partial charge is 0.330 e. The van der Waals surface area contributed by atoms with Crippen molar-refractivity contribution in [1.82, 2.24) is 0 Å². The number of aliphatic imine (C=N–C) groups is 1. The maximum absolute atomic E-state index is 10.8. The molecule has 0 aliphatic carbocycles. The second-order valence-electron chi connectivity index (χ2n) is 2.87. The largest absolute Gasteiger partial charge is 0.460 e. The molecule has 0 rings (SSSR count). The number of carbonyl (C=O) groups is 1. The van der Waals surface area contributed by atoms with Crippen molar-refractivity contribution in [2.45, 2.75) is 6.92 Å². The lowest BCUT2D eigenvalue weighted by molar-refractivity contribution is -0.139. The fourth-order valence-corrected chi connectivity index (χ4v) is 0.863. The zero-order valence-corrected chi connectivity index (χ0v) is 9.89. The molecule has 0 aliphatic rings. The second kappa shape index (κ2) is 12.6. The number of hydrogen-bond donors (Lipinski definition) is 0. The minimum absolute atomic E-state index is 0.221. The minimum atomic E-state index is -0.376. The summed E-state index contributed by atoms with van der Waals surface area (Å²) >= 11 is 0. The van der Waals surface area contributed by atoms with Gasteiger partial charge in [-0.1, -0.05) is 6.08 Å². The monoisotopic (exact) mass is 243 g/mol. The van der Waals surface area contributed by atoms with Crippen LogP contribution in [-0.2, 0) is 23.8 Å². The lowest BCUT2D eigenvalue weighted by atomic mass is 10.5. The fourth-order valence-electron chi connectivity index (χ4n) is 0.863. The summed E-state index contributed by atoms with van der Waals surface area (Å²) in [5.41, 5.74) is 0. The molecule has 0 saturated heterocycles. The Hall–Kier alpha value is -1.49. The molecule has 0 atom stereocenters. The van der Waals surface area contributed by atoms with Crippen molar-refractivity contribution < 1.29 is 23.8 Å². The standard InChI is InChI=1S/C11H17NO5/c1-2-3-11(14)17-9-8-16-7-6-15-5-4-12-10-13/h2-3H,4-9H2,1H3/b3-2+. The van der Waals surface area contributed by atoms with Crippen molar-refractivity contribution in [3.05, 3.63) is 12.2 Å². The molecule has 0 bridgehead atoms. The van der Waals surface area contributed by atoms with Crippen molar-refractivity contribution in [3.8, 4) is 0 Å². The van der Waals surface area contributed by atoms with Gasteiger partial charge in [-0.05, 0) is 6.92 Å². The zero-order chi connectivity index (χ0) is 12.8. The van der Waals surface area contributed by atoms with Gasteiger partial charge in [0.05, 0.1) is 33.0 Å². The van der Waals surface area contributed by atoms with Crippen molar-refractivity contribution in [2.24, 2.45) is 4.99 Å². The highest BCUT2D eigenvalue weighted by atomic mass is 16.6. The van der Waals surface area contributed by atoms with E-state index in [1.165, 1.54) is 12.2 Å². The van der Waals surface area contributed by atoms with Gasteiger partial charge in [-0.3, -0.25) is 0 Å². The third-order valence-electron chi connectivity index (χ3n) is 1.56. The molecule has 96 valence electrons. The summed E-state index contributed by atoms with van der Waals surface area (Å²) in [6, 6.07) is 0. The van der Waals surface area contributed by atoms with Crippen LogP contribution in [0.15, 0.2) is 17.1 Å². The molecule has 0 unspecified atom stereocenters. The lowest BCUT2D eigenvalue weighted by Gasteiger charge is -2.04. The van der Waals surface area contributed by atoms with Crippen molar-refractivity contribution in [2.75, 3.05) is 39.6 Å². The van der Waals surface area contributed by atoms with Crippen molar-refractivity contribution in [3.63, 3.8) is 0 Å². The molecular weight excluding hydrogens is 226 g/mol. The summed E-state index contributed by atoms with van der Waals surface area (Å²) in [6.45, 7) is 3.80. The Bertz CT molecular complexity index is 271. The van der Waals surface area contributed by atoms with Crippen LogP contribution in [0.25, 0.3) is 0 Å². The van der Waals surface area contributed by atoms with E-state index in [1.807, 2.05) is 0 Å². The SMILES string of the molecule is C/C=C/C(=O)OCCOCCOCCN=C=O. The van der Waals surface area contributed by atoms with E-state index in [1.54, 1.807) is 13.0 Å². The topological polar surface area (TPSA) is 74.2 Å². The Morgan fingerprint density at radius 3 is 2.47 bits per heavy atom.